The van der Waals surface area contributed by atoms with Gasteiger partial charge in [0, 0.05) is 18.5 Å². The topological polar surface area (TPSA) is 30.5 Å². The van der Waals surface area contributed by atoms with E-state index >= 15 is 0 Å². The Labute approximate surface area is 114 Å². The molecule has 0 amide bonds. The van der Waals surface area contributed by atoms with Crippen molar-refractivity contribution in [3.8, 4) is 11.5 Å². The second-order valence-electron chi connectivity index (χ2n) is 4.11. The van der Waals surface area contributed by atoms with Crippen molar-refractivity contribution in [3.05, 3.63) is 24.3 Å². The molecule has 1 aromatic carbocycles. The van der Waals surface area contributed by atoms with Gasteiger partial charge >= 0.3 is 0 Å². The molecule has 0 aliphatic carbocycles. The molecule has 1 unspecified atom stereocenters. The maximum Gasteiger partial charge on any atom is 0.119 e. The lowest BCUT2D eigenvalue weighted by molar-refractivity contribution is 0.313. The number of alkyl halides is 1. The monoisotopic (exact) mass is 271 g/mol. The first-order valence-electron chi connectivity index (χ1n) is 6.38. The smallest absolute Gasteiger partial charge is 0.119 e. The molecule has 102 valence electrons. The summed E-state index contributed by atoms with van der Waals surface area (Å²) in [6.45, 7) is 4.42. The molecule has 0 fully saturated rings. The van der Waals surface area contributed by atoms with Crippen molar-refractivity contribution in [1.29, 1.82) is 0 Å². The van der Waals surface area contributed by atoms with Gasteiger partial charge in [0.05, 0.1) is 7.11 Å². The highest BCUT2D eigenvalue weighted by atomic mass is 35.5. The summed E-state index contributed by atoms with van der Waals surface area (Å²) in [4.78, 5) is 0. The Morgan fingerprint density at radius 1 is 1.22 bits per heavy atom. The molecular formula is C14H22ClNO2. The van der Waals surface area contributed by atoms with Crippen LogP contribution in [0.25, 0.3) is 0 Å². The van der Waals surface area contributed by atoms with Crippen molar-refractivity contribution in [1.82, 2.24) is 5.32 Å². The standard InChI is InChI=1S/C14H22ClNO2/c1-3-4-12(15)11-16-9-10-18-14-7-5-13(17-2)6-8-14/h5-8,12,16H,3-4,9-11H2,1-2H3. The van der Waals surface area contributed by atoms with Gasteiger partial charge in [-0.15, -0.1) is 11.6 Å². The van der Waals surface area contributed by atoms with E-state index in [9.17, 15) is 0 Å². The molecule has 1 aromatic rings. The highest BCUT2D eigenvalue weighted by molar-refractivity contribution is 6.20. The second-order valence-corrected chi connectivity index (χ2v) is 4.73. The number of hydrogen-bond acceptors (Lipinski definition) is 3. The summed E-state index contributed by atoms with van der Waals surface area (Å²) in [5, 5.41) is 3.50. The van der Waals surface area contributed by atoms with Gasteiger partial charge in [-0.25, -0.2) is 0 Å². The molecule has 0 saturated heterocycles. The zero-order valence-corrected chi connectivity index (χ0v) is 11.9. The van der Waals surface area contributed by atoms with Crippen LogP contribution in [-0.4, -0.2) is 32.2 Å². The van der Waals surface area contributed by atoms with Crippen LogP contribution in [0.3, 0.4) is 0 Å². The lowest BCUT2D eigenvalue weighted by Gasteiger charge is -2.10. The van der Waals surface area contributed by atoms with Crippen LogP contribution in [0.5, 0.6) is 11.5 Å². The van der Waals surface area contributed by atoms with Crippen molar-refractivity contribution >= 4 is 11.6 Å². The van der Waals surface area contributed by atoms with Crippen LogP contribution in [0.4, 0.5) is 0 Å². The summed E-state index contributed by atoms with van der Waals surface area (Å²) in [6, 6.07) is 7.58. The molecule has 1 atom stereocenters. The van der Waals surface area contributed by atoms with Crippen molar-refractivity contribution in [2.45, 2.75) is 25.1 Å². The summed E-state index contributed by atoms with van der Waals surface area (Å²) >= 11 is 6.09. The molecule has 0 heterocycles. The Morgan fingerprint density at radius 2 is 1.89 bits per heavy atom. The van der Waals surface area contributed by atoms with Crippen molar-refractivity contribution in [3.63, 3.8) is 0 Å². The number of benzene rings is 1. The lowest BCUT2D eigenvalue weighted by Crippen LogP contribution is -2.27. The van der Waals surface area contributed by atoms with Gasteiger partial charge in [0.2, 0.25) is 0 Å². The molecule has 0 aliphatic heterocycles. The van der Waals surface area contributed by atoms with Gasteiger partial charge in [0.1, 0.15) is 18.1 Å². The number of ether oxygens (including phenoxy) is 2. The summed E-state index contributed by atoms with van der Waals surface area (Å²) in [6.07, 6.45) is 2.17. The number of nitrogens with one attached hydrogen (secondary N) is 1. The number of methoxy groups -OCH3 is 1. The minimum Gasteiger partial charge on any atom is -0.497 e. The largest absolute Gasteiger partial charge is 0.497 e. The first-order valence-corrected chi connectivity index (χ1v) is 6.81. The second kappa shape index (κ2) is 9.06. The zero-order chi connectivity index (χ0) is 13.2. The Kier molecular flexibility index (Phi) is 7.62. The predicted octanol–water partition coefficient (Wildman–Crippen LogP) is 3.07. The maximum absolute atomic E-state index is 6.09. The fourth-order valence-corrected chi connectivity index (χ4v) is 1.91. The van der Waals surface area contributed by atoms with Crippen LogP contribution in [-0.2, 0) is 0 Å². The van der Waals surface area contributed by atoms with Crippen molar-refractivity contribution in [2.24, 2.45) is 0 Å². The Hall–Kier alpha value is -0.930. The SMILES string of the molecule is CCCC(Cl)CNCCOc1ccc(OC)cc1. The highest BCUT2D eigenvalue weighted by Gasteiger charge is 2.01. The van der Waals surface area contributed by atoms with Gasteiger partial charge in [-0.1, -0.05) is 13.3 Å². The van der Waals surface area contributed by atoms with Crippen LogP contribution >= 0.6 is 11.6 Å². The molecule has 4 heteroatoms. The number of hydrogen-bond donors (Lipinski definition) is 1. The summed E-state index contributed by atoms with van der Waals surface area (Å²) in [5.41, 5.74) is 0. The van der Waals surface area contributed by atoms with Crippen LogP contribution in [0.15, 0.2) is 24.3 Å². The molecule has 0 spiro atoms. The van der Waals surface area contributed by atoms with Gasteiger partial charge in [-0.3, -0.25) is 0 Å². The first kappa shape index (κ1) is 15.1. The lowest BCUT2D eigenvalue weighted by atomic mass is 10.2. The molecule has 0 radical (unpaired) electrons. The predicted molar refractivity (Wildman–Crippen MR) is 75.9 cm³/mol. The van der Waals surface area contributed by atoms with E-state index < -0.39 is 0 Å². The van der Waals surface area contributed by atoms with Gasteiger partial charge < -0.3 is 14.8 Å². The third kappa shape index (κ3) is 6.12. The van der Waals surface area contributed by atoms with Gasteiger partial charge in [0.15, 0.2) is 0 Å². The third-order valence-electron chi connectivity index (χ3n) is 2.57. The van der Waals surface area contributed by atoms with E-state index in [-0.39, 0.29) is 5.38 Å². The summed E-state index contributed by atoms with van der Waals surface area (Å²) < 4.78 is 10.7. The zero-order valence-electron chi connectivity index (χ0n) is 11.1. The van der Waals surface area contributed by atoms with E-state index in [4.69, 9.17) is 21.1 Å². The third-order valence-corrected chi connectivity index (χ3v) is 2.95. The Morgan fingerprint density at radius 3 is 2.50 bits per heavy atom. The van der Waals surface area contributed by atoms with Crippen molar-refractivity contribution in [2.75, 3.05) is 26.8 Å². The van der Waals surface area contributed by atoms with Gasteiger partial charge in [-0.2, -0.15) is 0 Å². The molecule has 3 nitrogen and oxygen atoms in total. The van der Waals surface area contributed by atoms with Crippen molar-refractivity contribution < 1.29 is 9.47 Å². The normalized spacial score (nSPS) is 12.2. The van der Waals surface area contributed by atoms with Gasteiger partial charge in [-0.05, 0) is 30.7 Å². The Balaban J connectivity index is 2.10. The molecule has 0 aromatic heterocycles. The number of rotatable bonds is 9. The van der Waals surface area contributed by atoms with Crippen LogP contribution in [0.1, 0.15) is 19.8 Å². The van der Waals surface area contributed by atoms with E-state index in [1.807, 2.05) is 24.3 Å². The quantitative estimate of drug-likeness (QED) is 0.553. The minimum absolute atomic E-state index is 0.219. The van der Waals surface area contributed by atoms with E-state index in [1.54, 1.807) is 7.11 Å². The van der Waals surface area contributed by atoms with Gasteiger partial charge in [0.25, 0.3) is 0 Å². The molecular weight excluding hydrogens is 250 g/mol. The molecule has 1 rings (SSSR count). The minimum atomic E-state index is 0.219. The van der Waals surface area contributed by atoms with E-state index in [1.165, 1.54) is 0 Å². The molecule has 0 saturated carbocycles. The molecule has 0 aliphatic rings. The van der Waals surface area contributed by atoms with Crippen LogP contribution in [0.2, 0.25) is 0 Å². The Bertz CT molecular complexity index is 316. The number of halogens is 1. The van der Waals surface area contributed by atoms with E-state index in [0.717, 1.165) is 37.4 Å². The molecule has 1 N–H and O–H groups in total. The average Bonchev–Trinajstić information content (AvgIpc) is 2.39. The average molecular weight is 272 g/mol. The maximum atomic E-state index is 6.09. The van der Waals surface area contributed by atoms with Crippen LogP contribution in [0, 0.1) is 0 Å². The highest BCUT2D eigenvalue weighted by Crippen LogP contribution is 2.16. The molecule has 18 heavy (non-hydrogen) atoms. The molecule has 0 bridgehead atoms. The fourth-order valence-electron chi connectivity index (χ4n) is 1.59. The summed E-state index contributed by atoms with van der Waals surface area (Å²) in [7, 11) is 1.65. The summed E-state index contributed by atoms with van der Waals surface area (Å²) in [5.74, 6) is 1.69. The van der Waals surface area contributed by atoms with E-state index in [2.05, 4.69) is 12.2 Å². The fraction of sp³-hybridized carbons (Fsp3) is 0.571. The van der Waals surface area contributed by atoms with Crippen LogP contribution < -0.4 is 14.8 Å². The first-order chi connectivity index (χ1) is 8.76. The van der Waals surface area contributed by atoms with E-state index in [0.29, 0.717) is 6.61 Å².